The van der Waals surface area contributed by atoms with Gasteiger partial charge in [-0.2, -0.15) is 0 Å². The number of hydrogen-bond donors (Lipinski definition) is 3. The maximum absolute atomic E-state index is 10.6. The van der Waals surface area contributed by atoms with Gasteiger partial charge in [-0.05, 0) is 82.4 Å². The number of aliphatic hydroxyl groups excluding tert-OH is 1. The zero-order valence-corrected chi connectivity index (χ0v) is 21.7. The Kier molecular flexibility index (Phi) is 7.72. The molecule has 1 aromatic carbocycles. The molecule has 0 aliphatic heterocycles. The molecule has 0 fully saturated rings. The highest BCUT2D eigenvalue weighted by Crippen LogP contribution is 2.42. The standard InChI is InChI=1S/C26H37N5O2S/c1-6-7-17-11-21(33-16(3)13-27)20(10-15(17)2)30-24-23-19-9-8-18(26(32)31(4)5)12-22(19)34-25(23)29-14-28-24/h10-11,14,16,18,26,32H,6-9,12-13,27H2,1-5H3,(H,28,29,30). The monoisotopic (exact) mass is 483 g/mol. The van der Waals surface area contributed by atoms with E-state index in [-0.39, 0.29) is 12.0 Å². The van der Waals surface area contributed by atoms with Crippen molar-refractivity contribution in [3.63, 3.8) is 0 Å². The third-order valence-electron chi connectivity index (χ3n) is 6.70. The summed E-state index contributed by atoms with van der Waals surface area (Å²) < 4.78 is 6.22. The Balaban J connectivity index is 1.71. The summed E-state index contributed by atoms with van der Waals surface area (Å²) >= 11 is 1.72. The smallest absolute Gasteiger partial charge is 0.143 e. The van der Waals surface area contributed by atoms with E-state index in [1.165, 1.54) is 21.6 Å². The lowest BCUT2D eigenvalue weighted by Gasteiger charge is -2.30. The van der Waals surface area contributed by atoms with Crippen molar-refractivity contribution in [1.29, 1.82) is 0 Å². The highest BCUT2D eigenvalue weighted by molar-refractivity contribution is 7.19. The zero-order valence-electron chi connectivity index (χ0n) is 20.9. The minimum Gasteiger partial charge on any atom is -0.487 e. The Morgan fingerprint density at radius 2 is 2.12 bits per heavy atom. The van der Waals surface area contributed by atoms with Crippen molar-refractivity contribution >= 4 is 33.1 Å². The van der Waals surface area contributed by atoms with E-state index >= 15 is 0 Å². The summed E-state index contributed by atoms with van der Waals surface area (Å²) in [5.41, 5.74) is 10.6. The van der Waals surface area contributed by atoms with E-state index in [9.17, 15) is 5.11 Å². The fourth-order valence-electron chi connectivity index (χ4n) is 4.76. The summed E-state index contributed by atoms with van der Waals surface area (Å²) in [6, 6.07) is 4.29. The molecule has 0 saturated heterocycles. The maximum atomic E-state index is 10.6. The van der Waals surface area contributed by atoms with Crippen LogP contribution >= 0.6 is 11.3 Å². The van der Waals surface area contributed by atoms with Crippen LogP contribution in [-0.2, 0) is 19.3 Å². The quantitative estimate of drug-likeness (QED) is 0.388. The molecule has 1 aliphatic carbocycles. The Hall–Kier alpha value is -2.26. The van der Waals surface area contributed by atoms with Gasteiger partial charge in [-0.15, -0.1) is 11.3 Å². The van der Waals surface area contributed by atoms with Crippen LogP contribution in [0, 0.1) is 12.8 Å². The minimum absolute atomic E-state index is 0.0860. The van der Waals surface area contributed by atoms with Gasteiger partial charge in [-0.3, -0.25) is 4.90 Å². The molecular weight excluding hydrogens is 446 g/mol. The first-order valence-electron chi connectivity index (χ1n) is 12.2. The number of aromatic nitrogens is 2. The van der Waals surface area contributed by atoms with Crippen molar-refractivity contribution in [1.82, 2.24) is 14.9 Å². The molecular formula is C26H37N5O2S. The summed E-state index contributed by atoms with van der Waals surface area (Å²) in [7, 11) is 3.86. The number of thiophene rings is 1. The SMILES string of the molecule is CCCc1cc(OC(C)CN)c(Nc2ncnc3sc4c(c23)CCC(C(O)N(C)C)C4)cc1C. The van der Waals surface area contributed by atoms with Crippen LogP contribution in [0.5, 0.6) is 5.75 Å². The van der Waals surface area contributed by atoms with Crippen LogP contribution in [0.15, 0.2) is 18.5 Å². The van der Waals surface area contributed by atoms with Crippen LogP contribution in [0.3, 0.4) is 0 Å². The number of nitrogens with one attached hydrogen (secondary N) is 1. The van der Waals surface area contributed by atoms with Crippen LogP contribution in [0.25, 0.3) is 10.2 Å². The maximum Gasteiger partial charge on any atom is 0.143 e. The number of rotatable bonds is 9. The van der Waals surface area contributed by atoms with Gasteiger partial charge < -0.3 is 20.9 Å². The molecule has 8 heteroatoms. The van der Waals surface area contributed by atoms with Crippen LogP contribution in [-0.4, -0.2) is 52.9 Å². The van der Waals surface area contributed by atoms with Gasteiger partial charge in [0.2, 0.25) is 0 Å². The predicted octanol–water partition coefficient (Wildman–Crippen LogP) is 4.41. The number of aliphatic hydroxyl groups is 1. The van der Waals surface area contributed by atoms with Gasteiger partial charge in [0.1, 0.15) is 35.1 Å². The van der Waals surface area contributed by atoms with Crippen molar-refractivity contribution in [3.05, 3.63) is 40.0 Å². The summed E-state index contributed by atoms with van der Waals surface area (Å²) in [6.45, 7) is 6.77. The molecule has 0 saturated carbocycles. The molecule has 3 unspecified atom stereocenters. The van der Waals surface area contributed by atoms with E-state index in [0.29, 0.717) is 6.54 Å². The zero-order chi connectivity index (χ0) is 24.4. The van der Waals surface area contributed by atoms with Crippen LogP contribution in [0.1, 0.15) is 48.3 Å². The first kappa shape index (κ1) is 24.9. The van der Waals surface area contributed by atoms with E-state index in [2.05, 4.69) is 41.3 Å². The van der Waals surface area contributed by atoms with Gasteiger partial charge in [0.15, 0.2) is 0 Å². The predicted molar refractivity (Wildman–Crippen MR) is 140 cm³/mol. The third kappa shape index (κ3) is 5.05. The van der Waals surface area contributed by atoms with Crippen LogP contribution < -0.4 is 15.8 Å². The summed E-state index contributed by atoms with van der Waals surface area (Å²) in [4.78, 5) is 13.4. The van der Waals surface area contributed by atoms with Gasteiger partial charge in [-0.25, -0.2) is 9.97 Å². The number of hydrogen-bond acceptors (Lipinski definition) is 8. The second kappa shape index (κ2) is 10.6. The Bertz CT molecular complexity index is 1150. The lowest BCUT2D eigenvalue weighted by Crippen LogP contribution is -2.37. The Morgan fingerprint density at radius 1 is 1.32 bits per heavy atom. The van der Waals surface area contributed by atoms with E-state index in [0.717, 1.165) is 59.6 Å². The first-order chi connectivity index (χ1) is 16.3. The topological polar surface area (TPSA) is 96.5 Å². The average molecular weight is 484 g/mol. The van der Waals surface area contributed by atoms with E-state index < -0.39 is 6.23 Å². The molecule has 7 nitrogen and oxygen atoms in total. The van der Waals surface area contributed by atoms with Crippen LogP contribution in [0.2, 0.25) is 0 Å². The molecule has 2 heterocycles. The second-order valence-corrected chi connectivity index (χ2v) is 10.7. The van der Waals surface area contributed by atoms with Crippen molar-refractivity contribution in [2.45, 2.75) is 65.2 Å². The van der Waals surface area contributed by atoms with E-state index in [4.69, 9.17) is 10.5 Å². The molecule has 184 valence electrons. The number of aryl methyl sites for hydroxylation is 3. The molecule has 34 heavy (non-hydrogen) atoms. The molecule has 0 amide bonds. The molecule has 0 spiro atoms. The molecule has 4 N–H and O–H groups in total. The lowest BCUT2D eigenvalue weighted by atomic mass is 9.86. The molecule has 0 bridgehead atoms. The normalized spacial score (nSPS) is 17.6. The van der Waals surface area contributed by atoms with Gasteiger partial charge in [0.05, 0.1) is 11.1 Å². The third-order valence-corrected chi connectivity index (χ3v) is 7.87. The van der Waals surface area contributed by atoms with Gasteiger partial charge in [-0.1, -0.05) is 13.3 Å². The summed E-state index contributed by atoms with van der Waals surface area (Å²) in [5, 5.41) is 15.2. The highest BCUT2D eigenvalue weighted by Gasteiger charge is 2.30. The first-order valence-corrected chi connectivity index (χ1v) is 13.0. The molecule has 4 rings (SSSR count). The van der Waals surface area contributed by atoms with Crippen molar-refractivity contribution in [2.75, 3.05) is 26.0 Å². The second-order valence-electron chi connectivity index (χ2n) is 9.60. The van der Waals surface area contributed by atoms with E-state index in [1.807, 2.05) is 25.9 Å². The number of ether oxygens (including phenoxy) is 1. The number of nitrogens with zero attached hydrogens (tertiary/aromatic N) is 3. The van der Waals surface area contributed by atoms with Gasteiger partial charge in [0.25, 0.3) is 0 Å². The van der Waals surface area contributed by atoms with Crippen LogP contribution in [0.4, 0.5) is 11.5 Å². The summed E-state index contributed by atoms with van der Waals surface area (Å²) in [5.74, 6) is 1.84. The molecule has 2 aromatic heterocycles. The fourth-order valence-corrected chi connectivity index (χ4v) is 6.04. The highest BCUT2D eigenvalue weighted by atomic mass is 32.1. The van der Waals surface area contributed by atoms with E-state index in [1.54, 1.807) is 17.7 Å². The number of benzene rings is 1. The Labute approximate surface area is 206 Å². The molecule has 3 atom stereocenters. The lowest BCUT2D eigenvalue weighted by molar-refractivity contribution is -0.0142. The largest absolute Gasteiger partial charge is 0.487 e. The number of fused-ring (bicyclic) bond motifs is 3. The number of nitrogens with two attached hydrogens (primary N) is 1. The molecule has 0 radical (unpaired) electrons. The minimum atomic E-state index is -0.434. The van der Waals surface area contributed by atoms with Crippen molar-refractivity contribution in [3.8, 4) is 5.75 Å². The van der Waals surface area contributed by atoms with Gasteiger partial charge >= 0.3 is 0 Å². The van der Waals surface area contributed by atoms with Crippen molar-refractivity contribution < 1.29 is 9.84 Å². The molecule has 1 aliphatic rings. The summed E-state index contributed by atoms with van der Waals surface area (Å²) in [6.07, 6.45) is 5.91. The average Bonchev–Trinajstić information content (AvgIpc) is 3.20. The van der Waals surface area contributed by atoms with Crippen molar-refractivity contribution in [2.24, 2.45) is 11.7 Å². The molecule has 3 aromatic rings. The van der Waals surface area contributed by atoms with Gasteiger partial charge in [0, 0.05) is 17.3 Å². The number of anilines is 2. The fraction of sp³-hybridized carbons (Fsp3) is 0.538. The Morgan fingerprint density at radius 3 is 2.82 bits per heavy atom.